The smallest absolute Gasteiger partial charge is 0.226 e. The van der Waals surface area contributed by atoms with Crippen molar-refractivity contribution >= 4 is 5.91 Å². The normalized spacial score (nSPS) is 12.6. The molecule has 0 bridgehead atoms. The Balaban J connectivity index is 2.24. The summed E-state index contributed by atoms with van der Waals surface area (Å²) in [5.74, 6) is 1.96. The fourth-order valence-electron chi connectivity index (χ4n) is 2.10. The number of aryl methyl sites for hydroxylation is 2. The second kappa shape index (κ2) is 9.56. The molecule has 0 fully saturated rings. The van der Waals surface area contributed by atoms with Crippen molar-refractivity contribution in [1.29, 1.82) is 0 Å². The quantitative estimate of drug-likeness (QED) is 0.716. The minimum absolute atomic E-state index is 0.143. The van der Waals surface area contributed by atoms with E-state index in [1.54, 1.807) is 4.90 Å². The first kappa shape index (κ1) is 18.6. The first-order chi connectivity index (χ1) is 10.4. The van der Waals surface area contributed by atoms with Crippen LogP contribution in [0.15, 0.2) is 4.52 Å². The summed E-state index contributed by atoms with van der Waals surface area (Å²) in [4.78, 5) is 18.1. The van der Waals surface area contributed by atoms with E-state index in [9.17, 15) is 4.79 Å². The highest BCUT2D eigenvalue weighted by atomic mass is 16.5. The molecule has 2 N–H and O–H groups in total. The highest BCUT2D eigenvalue weighted by molar-refractivity contribution is 5.75. The van der Waals surface area contributed by atoms with E-state index in [1.807, 2.05) is 7.05 Å². The van der Waals surface area contributed by atoms with Crippen LogP contribution in [0.3, 0.4) is 0 Å². The van der Waals surface area contributed by atoms with Crippen LogP contribution in [0, 0.1) is 5.92 Å². The zero-order chi connectivity index (χ0) is 16.5. The topological polar surface area (TPSA) is 85.2 Å². The number of hydrogen-bond donors (Lipinski definition) is 1. The third-order valence-corrected chi connectivity index (χ3v) is 3.84. The van der Waals surface area contributed by atoms with Gasteiger partial charge in [0.05, 0.1) is 0 Å². The van der Waals surface area contributed by atoms with E-state index >= 15 is 0 Å². The molecule has 1 atom stereocenters. The lowest BCUT2D eigenvalue weighted by Crippen LogP contribution is -2.34. The van der Waals surface area contributed by atoms with E-state index in [0.29, 0.717) is 31.2 Å². The number of amides is 1. The van der Waals surface area contributed by atoms with Gasteiger partial charge in [-0.2, -0.15) is 4.98 Å². The molecule has 1 aromatic heterocycles. The van der Waals surface area contributed by atoms with Crippen LogP contribution in [0.2, 0.25) is 0 Å². The molecule has 22 heavy (non-hydrogen) atoms. The van der Waals surface area contributed by atoms with Gasteiger partial charge in [0.25, 0.3) is 0 Å². The summed E-state index contributed by atoms with van der Waals surface area (Å²) in [6.45, 7) is 6.99. The first-order valence-electron chi connectivity index (χ1n) is 8.25. The van der Waals surface area contributed by atoms with E-state index in [2.05, 4.69) is 30.9 Å². The lowest BCUT2D eigenvalue weighted by Gasteiger charge is -2.21. The van der Waals surface area contributed by atoms with Crippen molar-refractivity contribution in [3.8, 4) is 0 Å². The Kier molecular flexibility index (Phi) is 8.09. The zero-order valence-electron chi connectivity index (χ0n) is 14.3. The number of nitrogens with zero attached hydrogens (tertiary/aromatic N) is 3. The molecular formula is C16H30N4O2. The monoisotopic (exact) mass is 310 g/mol. The van der Waals surface area contributed by atoms with Crippen molar-refractivity contribution < 1.29 is 9.32 Å². The SMILES string of the molecule is CCCc1noc(CCCC(=O)N(C)CCC(N)C(C)C)n1. The maximum atomic E-state index is 12.0. The third-order valence-electron chi connectivity index (χ3n) is 3.84. The van der Waals surface area contributed by atoms with Crippen LogP contribution in [0.25, 0.3) is 0 Å². The van der Waals surface area contributed by atoms with Gasteiger partial charge in [-0.05, 0) is 25.2 Å². The average molecular weight is 310 g/mol. The van der Waals surface area contributed by atoms with Crippen LogP contribution in [0.5, 0.6) is 0 Å². The maximum Gasteiger partial charge on any atom is 0.226 e. The highest BCUT2D eigenvalue weighted by Gasteiger charge is 2.13. The third kappa shape index (κ3) is 6.56. The number of carbonyl (C=O) groups is 1. The van der Waals surface area contributed by atoms with E-state index < -0.39 is 0 Å². The second-order valence-corrected chi connectivity index (χ2v) is 6.22. The van der Waals surface area contributed by atoms with Crippen LogP contribution < -0.4 is 5.73 Å². The molecular weight excluding hydrogens is 280 g/mol. The van der Waals surface area contributed by atoms with Gasteiger partial charge in [-0.3, -0.25) is 4.79 Å². The number of nitrogens with two attached hydrogens (primary N) is 1. The highest BCUT2D eigenvalue weighted by Crippen LogP contribution is 2.08. The molecule has 1 rings (SSSR count). The van der Waals surface area contributed by atoms with Gasteiger partial charge in [0.2, 0.25) is 11.8 Å². The summed E-state index contributed by atoms with van der Waals surface area (Å²) < 4.78 is 5.16. The van der Waals surface area contributed by atoms with Crippen LogP contribution >= 0.6 is 0 Å². The van der Waals surface area contributed by atoms with E-state index in [1.165, 1.54) is 0 Å². The van der Waals surface area contributed by atoms with Crippen molar-refractivity contribution in [2.45, 2.75) is 65.3 Å². The summed E-state index contributed by atoms with van der Waals surface area (Å²) in [6.07, 6.45) is 4.56. The molecule has 0 spiro atoms. The molecule has 0 aromatic carbocycles. The Morgan fingerprint density at radius 3 is 2.73 bits per heavy atom. The van der Waals surface area contributed by atoms with Crippen molar-refractivity contribution in [1.82, 2.24) is 15.0 Å². The Morgan fingerprint density at radius 1 is 1.36 bits per heavy atom. The molecule has 0 aliphatic carbocycles. The lowest BCUT2D eigenvalue weighted by atomic mass is 10.0. The summed E-state index contributed by atoms with van der Waals surface area (Å²) in [6, 6.07) is 0.144. The van der Waals surface area contributed by atoms with Crippen LogP contribution in [-0.2, 0) is 17.6 Å². The Labute approximate surface area is 133 Å². The fraction of sp³-hybridized carbons (Fsp3) is 0.812. The predicted octanol–water partition coefficient (Wildman–Crippen LogP) is 2.18. The largest absolute Gasteiger partial charge is 0.346 e. The molecule has 6 heteroatoms. The van der Waals surface area contributed by atoms with Crippen molar-refractivity contribution in [2.24, 2.45) is 11.7 Å². The second-order valence-electron chi connectivity index (χ2n) is 6.22. The Morgan fingerprint density at radius 2 is 2.09 bits per heavy atom. The molecule has 0 radical (unpaired) electrons. The summed E-state index contributed by atoms with van der Waals surface area (Å²) in [5.41, 5.74) is 6.00. The summed E-state index contributed by atoms with van der Waals surface area (Å²) in [7, 11) is 1.83. The maximum absolute atomic E-state index is 12.0. The molecule has 1 unspecified atom stereocenters. The molecule has 0 aliphatic heterocycles. The van der Waals surface area contributed by atoms with Gasteiger partial charge in [-0.25, -0.2) is 0 Å². The predicted molar refractivity (Wildman–Crippen MR) is 86.3 cm³/mol. The average Bonchev–Trinajstić information content (AvgIpc) is 2.92. The lowest BCUT2D eigenvalue weighted by molar-refractivity contribution is -0.130. The minimum atomic E-state index is 0.143. The number of carbonyl (C=O) groups excluding carboxylic acids is 1. The molecule has 0 aliphatic rings. The summed E-state index contributed by atoms with van der Waals surface area (Å²) in [5, 5.41) is 3.91. The van der Waals surface area contributed by atoms with Crippen LogP contribution in [0.1, 0.15) is 58.2 Å². The summed E-state index contributed by atoms with van der Waals surface area (Å²) >= 11 is 0. The van der Waals surface area contributed by atoms with Crippen molar-refractivity contribution in [2.75, 3.05) is 13.6 Å². The van der Waals surface area contributed by atoms with E-state index in [-0.39, 0.29) is 11.9 Å². The van der Waals surface area contributed by atoms with Gasteiger partial charge in [0.15, 0.2) is 5.82 Å². The van der Waals surface area contributed by atoms with Crippen molar-refractivity contribution in [3.05, 3.63) is 11.7 Å². The van der Waals surface area contributed by atoms with Crippen molar-refractivity contribution in [3.63, 3.8) is 0 Å². The number of hydrogen-bond acceptors (Lipinski definition) is 5. The fourth-order valence-corrected chi connectivity index (χ4v) is 2.10. The number of rotatable bonds is 10. The van der Waals surface area contributed by atoms with Crippen LogP contribution in [0.4, 0.5) is 0 Å². The van der Waals surface area contributed by atoms with Gasteiger partial charge < -0.3 is 15.2 Å². The Hall–Kier alpha value is -1.43. The van der Waals surface area contributed by atoms with Crippen LogP contribution in [-0.4, -0.2) is 40.6 Å². The standard InChI is InChI=1S/C16H30N4O2/c1-5-7-14-18-15(22-19-14)8-6-9-16(21)20(4)11-10-13(17)12(2)3/h12-13H,5-11,17H2,1-4H3. The molecule has 1 amide bonds. The minimum Gasteiger partial charge on any atom is -0.346 e. The van der Waals surface area contributed by atoms with Gasteiger partial charge >= 0.3 is 0 Å². The molecule has 0 saturated heterocycles. The molecule has 1 heterocycles. The molecule has 1 aromatic rings. The molecule has 6 nitrogen and oxygen atoms in total. The molecule has 0 saturated carbocycles. The van der Waals surface area contributed by atoms with E-state index in [0.717, 1.165) is 31.5 Å². The number of aromatic nitrogens is 2. The molecule has 126 valence electrons. The van der Waals surface area contributed by atoms with E-state index in [4.69, 9.17) is 10.3 Å². The first-order valence-corrected chi connectivity index (χ1v) is 8.25. The van der Waals surface area contributed by atoms with Gasteiger partial charge in [-0.15, -0.1) is 0 Å². The van der Waals surface area contributed by atoms with Gasteiger partial charge in [0, 0.05) is 38.9 Å². The van der Waals surface area contributed by atoms with Gasteiger partial charge in [-0.1, -0.05) is 25.9 Å². The zero-order valence-corrected chi connectivity index (χ0v) is 14.3. The van der Waals surface area contributed by atoms with Gasteiger partial charge in [0.1, 0.15) is 0 Å². The Bertz CT molecular complexity index is 445.